The summed E-state index contributed by atoms with van der Waals surface area (Å²) in [6, 6.07) is 11.2. The molecule has 16 heavy (non-hydrogen) atoms. The van der Waals surface area contributed by atoms with Gasteiger partial charge in [0.2, 0.25) is 0 Å². The van der Waals surface area contributed by atoms with Crippen LogP contribution in [0.2, 0.25) is 20.1 Å². The number of halogens is 4. The zero-order chi connectivity index (χ0) is 11.7. The summed E-state index contributed by atoms with van der Waals surface area (Å²) in [6.07, 6.45) is 0. The zero-order valence-electron chi connectivity index (χ0n) is 7.98. The van der Waals surface area contributed by atoms with Gasteiger partial charge >= 0.3 is 0 Å². The van der Waals surface area contributed by atoms with Crippen molar-refractivity contribution in [1.82, 2.24) is 0 Å². The Morgan fingerprint density at radius 2 is 1.31 bits per heavy atom. The first kappa shape index (κ1) is 12.1. The fourth-order valence-electron chi connectivity index (χ4n) is 1.44. The van der Waals surface area contributed by atoms with Gasteiger partial charge in [-0.1, -0.05) is 76.7 Å². The van der Waals surface area contributed by atoms with Crippen molar-refractivity contribution in [2.24, 2.45) is 0 Å². The summed E-state index contributed by atoms with van der Waals surface area (Å²) in [5, 5.41) is 1.55. The van der Waals surface area contributed by atoms with E-state index in [-0.39, 0.29) is 0 Å². The standard InChI is InChI=1S/C12H6Cl4/c13-8-6-9(14)11(15)12(16)10(8)7-4-2-1-3-5-7/h1-6H. The number of hydrogen-bond donors (Lipinski definition) is 0. The molecular weight excluding hydrogens is 286 g/mol. The number of hydrogen-bond acceptors (Lipinski definition) is 0. The van der Waals surface area contributed by atoms with Crippen LogP contribution in [0.1, 0.15) is 0 Å². The predicted molar refractivity (Wildman–Crippen MR) is 71.9 cm³/mol. The van der Waals surface area contributed by atoms with Crippen LogP contribution in [0.25, 0.3) is 11.1 Å². The van der Waals surface area contributed by atoms with E-state index in [2.05, 4.69) is 0 Å². The maximum absolute atomic E-state index is 6.14. The molecule has 2 aromatic rings. The van der Waals surface area contributed by atoms with E-state index in [0.717, 1.165) is 5.56 Å². The minimum atomic E-state index is 0.326. The maximum Gasteiger partial charge on any atom is 0.0785 e. The van der Waals surface area contributed by atoms with Crippen LogP contribution in [0, 0.1) is 0 Å². The molecule has 0 aliphatic rings. The molecule has 0 nitrogen and oxygen atoms in total. The first-order valence-corrected chi connectivity index (χ1v) is 6.01. The molecule has 0 saturated heterocycles. The van der Waals surface area contributed by atoms with Gasteiger partial charge in [-0.2, -0.15) is 0 Å². The van der Waals surface area contributed by atoms with Crippen molar-refractivity contribution in [3.8, 4) is 11.1 Å². The van der Waals surface area contributed by atoms with Crippen molar-refractivity contribution in [2.45, 2.75) is 0 Å². The molecule has 0 aliphatic heterocycles. The molecule has 0 radical (unpaired) electrons. The Kier molecular flexibility index (Phi) is 3.66. The predicted octanol–water partition coefficient (Wildman–Crippen LogP) is 5.97. The highest BCUT2D eigenvalue weighted by Gasteiger charge is 2.14. The van der Waals surface area contributed by atoms with Crippen LogP contribution in [-0.4, -0.2) is 0 Å². The molecule has 0 amide bonds. The lowest BCUT2D eigenvalue weighted by molar-refractivity contribution is 1.61. The molecule has 0 heterocycles. The second-order valence-electron chi connectivity index (χ2n) is 3.21. The van der Waals surface area contributed by atoms with Gasteiger partial charge in [-0.05, 0) is 11.6 Å². The Hall–Kier alpha value is -0.400. The lowest BCUT2D eigenvalue weighted by Crippen LogP contribution is -1.83. The zero-order valence-corrected chi connectivity index (χ0v) is 11.0. The Labute approximate surface area is 114 Å². The average Bonchev–Trinajstić information content (AvgIpc) is 2.28. The van der Waals surface area contributed by atoms with Gasteiger partial charge in [0.25, 0.3) is 0 Å². The van der Waals surface area contributed by atoms with Gasteiger partial charge in [0, 0.05) is 5.56 Å². The van der Waals surface area contributed by atoms with Crippen LogP contribution < -0.4 is 0 Å². The summed E-state index contributed by atoms with van der Waals surface area (Å²) >= 11 is 24.1. The molecule has 0 aromatic heterocycles. The third-order valence-corrected chi connectivity index (χ3v) is 3.74. The molecule has 2 aromatic carbocycles. The van der Waals surface area contributed by atoms with Gasteiger partial charge in [0.1, 0.15) is 0 Å². The summed E-state index contributed by atoms with van der Waals surface area (Å²) in [6.45, 7) is 0. The van der Waals surface area contributed by atoms with Crippen molar-refractivity contribution in [1.29, 1.82) is 0 Å². The molecule has 0 saturated carbocycles. The first-order valence-electron chi connectivity index (χ1n) is 4.49. The van der Waals surface area contributed by atoms with Gasteiger partial charge in [0.15, 0.2) is 0 Å². The summed E-state index contributed by atoms with van der Waals surface area (Å²) in [7, 11) is 0. The van der Waals surface area contributed by atoms with Crippen LogP contribution >= 0.6 is 46.4 Å². The van der Waals surface area contributed by atoms with E-state index in [1.807, 2.05) is 30.3 Å². The monoisotopic (exact) mass is 290 g/mol. The van der Waals surface area contributed by atoms with Crippen molar-refractivity contribution in [2.75, 3.05) is 0 Å². The largest absolute Gasteiger partial charge is 0.0836 e. The summed E-state index contributed by atoms with van der Waals surface area (Å²) in [5.41, 5.74) is 1.62. The van der Waals surface area contributed by atoms with Crippen LogP contribution in [0.5, 0.6) is 0 Å². The Bertz CT molecular complexity index is 520. The molecule has 82 valence electrons. The van der Waals surface area contributed by atoms with E-state index < -0.39 is 0 Å². The maximum atomic E-state index is 6.14. The summed E-state index contributed by atoms with van der Waals surface area (Å²) in [4.78, 5) is 0. The molecular formula is C12H6Cl4. The smallest absolute Gasteiger partial charge is 0.0785 e. The Morgan fingerprint density at radius 3 is 1.94 bits per heavy atom. The Balaban J connectivity index is 2.71. The lowest BCUT2D eigenvalue weighted by atomic mass is 10.1. The van der Waals surface area contributed by atoms with Crippen molar-refractivity contribution in [3.63, 3.8) is 0 Å². The van der Waals surface area contributed by atoms with Crippen LogP contribution in [0.15, 0.2) is 36.4 Å². The minimum absolute atomic E-state index is 0.326. The molecule has 0 bridgehead atoms. The van der Waals surface area contributed by atoms with Crippen molar-refractivity contribution < 1.29 is 0 Å². The van der Waals surface area contributed by atoms with Gasteiger partial charge in [0.05, 0.1) is 20.1 Å². The minimum Gasteiger partial charge on any atom is -0.0836 e. The van der Waals surface area contributed by atoms with Gasteiger partial charge < -0.3 is 0 Å². The van der Waals surface area contributed by atoms with Gasteiger partial charge in [-0.3, -0.25) is 0 Å². The average molecular weight is 292 g/mol. The Morgan fingerprint density at radius 1 is 0.688 bits per heavy atom. The lowest BCUT2D eigenvalue weighted by Gasteiger charge is -2.09. The van der Waals surface area contributed by atoms with E-state index in [4.69, 9.17) is 46.4 Å². The highest BCUT2D eigenvalue weighted by atomic mass is 35.5. The second kappa shape index (κ2) is 4.85. The van der Waals surface area contributed by atoms with Gasteiger partial charge in [-0.25, -0.2) is 0 Å². The fourth-order valence-corrected chi connectivity index (χ4v) is 2.57. The molecule has 0 unspecified atom stereocenters. The van der Waals surface area contributed by atoms with Crippen molar-refractivity contribution >= 4 is 46.4 Å². The fraction of sp³-hybridized carbons (Fsp3) is 0. The highest BCUT2D eigenvalue weighted by molar-refractivity contribution is 6.51. The van der Waals surface area contributed by atoms with E-state index in [1.54, 1.807) is 6.07 Å². The molecule has 0 atom stereocenters. The normalized spacial score (nSPS) is 10.5. The number of benzene rings is 2. The summed E-state index contributed by atoms with van der Waals surface area (Å²) in [5.74, 6) is 0. The van der Waals surface area contributed by atoms with Crippen molar-refractivity contribution in [3.05, 3.63) is 56.5 Å². The number of rotatable bonds is 1. The highest BCUT2D eigenvalue weighted by Crippen LogP contribution is 2.42. The molecule has 2 rings (SSSR count). The summed E-state index contributed by atoms with van der Waals surface area (Å²) < 4.78 is 0. The molecule has 4 heteroatoms. The molecule has 0 aliphatic carbocycles. The van der Waals surface area contributed by atoms with E-state index in [9.17, 15) is 0 Å². The third kappa shape index (κ3) is 2.16. The molecule has 0 N–H and O–H groups in total. The van der Waals surface area contributed by atoms with E-state index >= 15 is 0 Å². The molecule has 0 spiro atoms. The first-order chi connectivity index (χ1) is 7.61. The van der Waals surface area contributed by atoms with E-state index in [1.165, 1.54) is 0 Å². The third-order valence-electron chi connectivity index (χ3n) is 2.18. The second-order valence-corrected chi connectivity index (χ2v) is 4.78. The van der Waals surface area contributed by atoms with Gasteiger partial charge in [-0.15, -0.1) is 0 Å². The van der Waals surface area contributed by atoms with Crippen LogP contribution in [-0.2, 0) is 0 Å². The van der Waals surface area contributed by atoms with E-state index in [0.29, 0.717) is 25.7 Å². The van der Waals surface area contributed by atoms with Crippen LogP contribution in [0.4, 0.5) is 0 Å². The van der Waals surface area contributed by atoms with Crippen LogP contribution in [0.3, 0.4) is 0 Å². The topological polar surface area (TPSA) is 0 Å². The quantitative estimate of drug-likeness (QED) is 0.449. The SMILES string of the molecule is Clc1cc(Cl)c(-c2ccccc2)c(Cl)c1Cl. The molecule has 0 fully saturated rings.